The summed E-state index contributed by atoms with van der Waals surface area (Å²) in [7, 11) is 0. The summed E-state index contributed by atoms with van der Waals surface area (Å²) in [6.45, 7) is 1.72. The second-order valence-corrected chi connectivity index (χ2v) is 4.85. The molecule has 1 amide bonds. The summed E-state index contributed by atoms with van der Waals surface area (Å²) in [4.78, 5) is 12.5. The maximum Gasteiger partial charge on any atom is 0.232 e. The summed E-state index contributed by atoms with van der Waals surface area (Å²) < 4.78 is 0. The van der Waals surface area contributed by atoms with Crippen molar-refractivity contribution < 1.29 is 9.90 Å². The molecule has 2 rings (SSSR count). The summed E-state index contributed by atoms with van der Waals surface area (Å²) in [6, 6.07) is 19.1. The first kappa shape index (κ1) is 14.3. The molecule has 3 nitrogen and oxygen atoms in total. The van der Waals surface area contributed by atoms with E-state index < -0.39 is 0 Å². The zero-order chi connectivity index (χ0) is 14.4. The van der Waals surface area contributed by atoms with Crippen LogP contribution < -0.4 is 5.32 Å². The highest BCUT2D eigenvalue weighted by Gasteiger charge is 2.23. The molecule has 2 aromatic carbocycles. The highest BCUT2D eigenvalue weighted by Crippen LogP contribution is 2.24. The molecule has 104 valence electrons. The van der Waals surface area contributed by atoms with Crippen molar-refractivity contribution in [1.82, 2.24) is 5.32 Å². The van der Waals surface area contributed by atoms with Crippen LogP contribution in [0.1, 0.15) is 24.0 Å². The van der Waals surface area contributed by atoms with Gasteiger partial charge in [-0.15, -0.1) is 0 Å². The number of benzene rings is 2. The van der Waals surface area contributed by atoms with Crippen molar-refractivity contribution in [1.29, 1.82) is 0 Å². The highest BCUT2D eigenvalue weighted by atomic mass is 16.3. The van der Waals surface area contributed by atoms with Gasteiger partial charge < -0.3 is 10.4 Å². The Balaban J connectivity index is 2.33. The number of rotatable bonds is 5. The number of carbonyl (C=O) groups is 1. The number of aliphatic hydroxyl groups is 1. The van der Waals surface area contributed by atoms with Crippen LogP contribution in [0.25, 0.3) is 0 Å². The first-order valence-electron chi connectivity index (χ1n) is 6.73. The largest absolute Gasteiger partial charge is 0.394 e. The Kier molecular flexibility index (Phi) is 4.91. The van der Waals surface area contributed by atoms with Gasteiger partial charge >= 0.3 is 0 Å². The molecule has 0 aliphatic heterocycles. The van der Waals surface area contributed by atoms with Crippen LogP contribution in [0.5, 0.6) is 0 Å². The molecule has 0 saturated carbocycles. The fourth-order valence-electron chi connectivity index (χ4n) is 2.16. The molecule has 1 atom stereocenters. The molecule has 0 unspecified atom stereocenters. The van der Waals surface area contributed by atoms with E-state index in [1.165, 1.54) is 0 Å². The van der Waals surface area contributed by atoms with Crippen LogP contribution in [0, 0.1) is 0 Å². The molecule has 2 N–H and O–H groups in total. The summed E-state index contributed by atoms with van der Waals surface area (Å²) in [5.74, 6) is -0.449. The van der Waals surface area contributed by atoms with E-state index in [0.29, 0.717) is 0 Å². The molecule has 0 heterocycles. The molecule has 0 aliphatic carbocycles. The monoisotopic (exact) mass is 269 g/mol. The van der Waals surface area contributed by atoms with Crippen molar-refractivity contribution in [2.24, 2.45) is 0 Å². The lowest BCUT2D eigenvalue weighted by atomic mass is 9.90. The average molecular weight is 269 g/mol. The molecule has 0 aromatic heterocycles. The fraction of sp³-hybridized carbons (Fsp3) is 0.235. The lowest BCUT2D eigenvalue weighted by Crippen LogP contribution is -2.38. The van der Waals surface area contributed by atoms with Crippen molar-refractivity contribution in [2.45, 2.75) is 18.9 Å². The van der Waals surface area contributed by atoms with Crippen LogP contribution in [0.2, 0.25) is 0 Å². The van der Waals surface area contributed by atoms with Crippen LogP contribution in [-0.2, 0) is 4.79 Å². The quantitative estimate of drug-likeness (QED) is 0.875. The van der Waals surface area contributed by atoms with Crippen molar-refractivity contribution in [2.75, 3.05) is 6.61 Å². The minimum absolute atomic E-state index is 0.0674. The first-order chi connectivity index (χ1) is 9.72. The van der Waals surface area contributed by atoms with E-state index in [1.807, 2.05) is 60.7 Å². The van der Waals surface area contributed by atoms with Crippen molar-refractivity contribution in [3.05, 3.63) is 71.8 Å². The zero-order valence-electron chi connectivity index (χ0n) is 11.5. The molecule has 0 fully saturated rings. The second-order valence-electron chi connectivity index (χ2n) is 4.85. The van der Waals surface area contributed by atoms with E-state index in [0.717, 1.165) is 11.1 Å². The number of carbonyl (C=O) groups excluding carboxylic acids is 1. The molecule has 20 heavy (non-hydrogen) atoms. The van der Waals surface area contributed by atoms with Gasteiger partial charge in [-0.3, -0.25) is 4.79 Å². The minimum atomic E-state index is -0.355. The van der Waals surface area contributed by atoms with Crippen LogP contribution in [0.4, 0.5) is 0 Å². The molecular formula is C17H19NO2. The normalized spacial score (nSPS) is 12.2. The Labute approximate surface area is 119 Å². The maximum absolute atomic E-state index is 12.5. The number of hydrogen-bond donors (Lipinski definition) is 2. The molecule has 0 spiro atoms. The Morgan fingerprint density at radius 1 is 1.00 bits per heavy atom. The Morgan fingerprint density at radius 3 is 1.85 bits per heavy atom. The van der Waals surface area contributed by atoms with E-state index in [1.54, 1.807) is 6.92 Å². The van der Waals surface area contributed by atoms with E-state index in [-0.39, 0.29) is 24.5 Å². The van der Waals surface area contributed by atoms with Gasteiger partial charge in [-0.25, -0.2) is 0 Å². The third kappa shape index (κ3) is 3.45. The van der Waals surface area contributed by atoms with Gasteiger partial charge in [0, 0.05) is 6.04 Å². The molecule has 0 aliphatic rings. The zero-order valence-corrected chi connectivity index (χ0v) is 11.5. The number of aliphatic hydroxyl groups excluding tert-OH is 1. The van der Waals surface area contributed by atoms with Gasteiger partial charge in [-0.1, -0.05) is 60.7 Å². The van der Waals surface area contributed by atoms with E-state index >= 15 is 0 Å². The van der Waals surface area contributed by atoms with Crippen molar-refractivity contribution in [3.63, 3.8) is 0 Å². The number of nitrogens with one attached hydrogen (secondary N) is 1. The van der Waals surface area contributed by atoms with Crippen LogP contribution >= 0.6 is 0 Å². The van der Waals surface area contributed by atoms with Gasteiger partial charge in [0.1, 0.15) is 0 Å². The molecule has 3 heteroatoms. The van der Waals surface area contributed by atoms with Gasteiger partial charge in [0.05, 0.1) is 12.5 Å². The molecule has 0 bridgehead atoms. The van der Waals surface area contributed by atoms with E-state index in [9.17, 15) is 4.79 Å². The van der Waals surface area contributed by atoms with Crippen molar-refractivity contribution in [3.8, 4) is 0 Å². The lowest BCUT2D eigenvalue weighted by Gasteiger charge is -2.20. The predicted octanol–water partition coefficient (Wildman–Crippen LogP) is 2.32. The maximum atomic E-state index is 12.5. The SMILES string of the molecule is C[C@@H](CO)NC(=O)C(c1ccccc1)c1ccccc1. The average Bonchev–Trinajstić information content (AvgIpc) is 2.49. The summed E-state index contributed by atoms with van der Waals surface area (Å²) >= 11 is 0. The highest BCUT2D eigenvalue weighted by molar-refractivity contribution is 5.87. The summed E-state index contributed by atoms with van der Waals surface area (Å²) in [5.41, 5.74) is 1.89. The Hall–Kier alpha value is -2.13. The van der Waals surface area contributed by atoms with E-state index in [4.69, 9.17) is 5.11 Å². The lowest BCUT2D eigenvalue weighted by molar-refractivity contribution is -0.122. The van der Waals surface area contributed by atoms with Crippen LogP contribution in [0.15, 0.2) is 60.7 Å². The second kappa shape index (κ2) is 6.87. The Morgan fingerprint density at radius 2 is 1.45 bits per heavy atom. The Bertz CT molecular complexity index is 500. The molecule has 0 saturated heterocycles. The topological polar surface area (TPSA) is 49.3 Å². The fourth-order valence-corrected chi connectivity index (χ4v) is 2.16. The molecule has 0 radical (unpaired) electrons. The van der Waals surface area contributed by atoms with Crippen LogP contribution in [-0.4, -0.2) is 23.7 Å². The summed E-state index contributed by atoms with van der Waals surface area (Å²) in [6.07, 6.45) is 0. The third-order valence-electron chi connectivity index (χ3n) is 3.19. The van der Waals surface area contributed by atoms with E-state index in [2.05, 4.69) is 5.32 Å². The van der Waals surface area contributed by atoms with Crippen LogP contribution in [0.3, 0.4) is 0 Å². The van der Waals surface area contributed by atoms with Gasteiger partial charge in [0.2, 0.25) is 5.91 Å². The smallest absolute Gasteiger partial charge is 0.232 e. The van der Waals surface area contributed by atoms with Gasteiger partial charge in [-0.05, 0) is 18.1 Å². The molecular weight excluding hydrogens is 250 g/mol. The van der Waals surface area contributed by atoms with Gasteiger partial charge in [-0.2, -0.15) is 0 Å². The molecule has 2 aromatic rings. The number of amides is 1. The standard InChI is InChI=1S/C17H19NO2/c1-13(12-19)18-17(20)16(14-8-4-2-5-9-14)15-10-6-3-7-11-15/h2-11,13,16,19H,12H2,1H3,(H,18,20)/t13-/m0/s1. The van der Waals surface area contributed by atoms with Gasteiger partial charge in [0.15, 0.2) is 0 Å². The van der Waals surface area contributed by atoms with Gasteiger partial charge in [0.25, 0.3) is 0 Å². The summed E-state index contributed by atoms with van der Waals surface area (Å²) in [5, 5.41) is 11.9. The number of hydrogen-bond acceptors (Lipinski definition) is 2. The van der Waals surface area contributed by atoms with Crippen molar-refractivity contribution >= 4 is 5.91 Å². The predicted molar refractivity (Wildman–Crippen MR) is 79.4 cm³/mol. The third-order valence-corrected chi connectivity index (χ3v) is 3.19. The first-order valence-corrected chi connectivity index (χ1v) is 6.73. The minimum Gasteiger partial charge on any atom is -0.394 e.